The van der Waals surface area contributed by atoms with Gasteiger partial charge in [-0.25, -0.2) is 9.69 Å². The molecule has 23 heavy (non-hydrogen) atoms. The van der Waals surface area contributed by atoms with Gasteiger partial charge in [-0.15, -0.1) is 0 Å². The van der Waals surface area contributed by atoms with Crippen LogP contribution in [-0.2, 0) is 14.0 Å². The van der Waals surface area contributed by atoms with E-state index >= 15 is 0 Å². The fourth-order valence-electron chi connectivity index (χ4n) is 2.81. The molecule has 1 heterocycles. The first-order valence-corrected chi connectivity index (χ1v) is 11.3. The van der Waals surface area contributed by atoms with E-state index in [0.29, 0.717) is 13.0 Å². The Labute approximate surface area is 140 Å². The minimum Gasteiger partial charge on any atom is -0.443 e. The largest absolute Gasteiger partial charge is 0.443 e. The van der Waals surface area contributed by atoms with E-state index in [1.165, 1.54) is 4.90 Å². The van der Waals surface area contributed by atoms with Crippen LogP contribution in [0.3, 0.4) is 0 Å². The zero-order valence-corrected chi connectivity index (χ0v) is 16.8. The number of amides is 2. The van der Waals surface area contributed by atoms with Crippen LogP contribution < -0.4 is 0 Å². The van der Waals surface area contributed by atoms with Crippen molar-refractivity contribution in [1.82, 2.24) is 4.90 Å². The number of carbonyl (C=O) groups excluding carboxylic acids is 2. The molecule has 0 bridgehead atoms. The average molecular weight is 342 g/mol. The minimum atomic E-state index is -1.92. The maximum atomic E-state index is 12.5. The van der Waals surface area contributed by atoms with E-state index in [9.17, 15) is 9.59 Å². The second-order valence-electron chi connectivity index (χ2n) is 9.47. The molecule has 2 atom stereocenters. The Morgan fingerprint density at radius 3 is 2.30 bits per heavy atom. The number of piperidine rings is 1. The molecule has 1 saturated carbocycles. The van der Waals surface area contributed by atoms with Crippen molar-refractivity contribution >= 4 is 20.3 Å². The van der Waals surface area contributed by atoms with Crippen LogP contribution >= 0.6 is 0 Å². The standard InChI is InChI=1S/C17H31NO4Si/c1-15(2,3)22-14(20)18-13(19)9-12-10-17(12,18)11-21-23(7,8)16(4,5)6/h12H,9-11H2,1-8H3. The van der Waals surface area contributed by atoms with Crippen LogP contribution in [-0.4, -0.2) is 43.0 Å². The Hall–Kier alpha value is -0.883. The summed E-state index contributed by atoms with van der Waals surface area (Å²) < 4.78 is 11.8. The van der Waals surface area contributed by atoms with E-state index in [-0.39, 0.29) is 16.9 Å². The normalized spacial score (nSPS) is 27.9. The van der Waals surface area contributed by atoms with Gasteiger partial charge in [0.05, 0.1) is 12.1 Å². The fourth-order valence-corrected chi connectivity index (χ4v) is 3.85. The van der Waals surface area contributed by atoms with Crippen LogP contribution in [0.4, 0.5) is 4.79 Å². The molecule has 0 aromatic heterocycles. The van der Waals surface area contributed by atoms with E-state index in [0.717, 1.165) is 6.42 Å². The van der Waals surface area contributed by atoms with Gasteiger partial charge in [-0.3, -0.25) is 4.79 Å². The zero-order chi connectivity index (χ0) is 17.8. The number of ether oxygens (including phenoxy) is 1. The topological polar surface area (TPSA) is 55.8 Å². The molecule has 5 nitrogen and oxygen atoms in total. The summed E-state index contributed by atoms with van der Waals surface area (Å²) in [6.07, 6.45) is 0.744. The first kappa shape index (κ1) is 18.5. The van der Waals surface area contributed by atoms with Gasteiger partial charge in [0.25, 0.3) is 0 Å². The van der Waals surface area contributed by atoms with E-state index in [1.54, 1.807) is 0 Å². The zero-order valence-electron chi connectivity index (χ0n) is 15.8. The van der Waals surface area contributed by atoms with Gasteiger partial charge >= 0.3 is 6.09 Å². The Morgan fingerprint density at radius 2 is 1.83 bits per heavy atom. The summed E-state index contributed by atoms with van der Waals surface area (Å²) in [5, 5.41) is 0.105. The third kappa shape index (κ3) is 3.48. The van der Waals surface area contributed by atoms with E-state index in [2.05, 4.69) is 33.9 Å². The number of nitrogens with zero attached hydrogens (tertiary/aromatic N) is 1. The smallest absolute Gasteiger partial charge is 0.417 e. The predicted octanol–water partition coefficient (Wildman–Crippen LogP) is 3.93. The lowest BCUT2D eigenvalue weighted by Gasteiger charge is -2.38. The van der Waals surface area contributed by atoms with Gasteiger partial charge in [0.2, 0.25) is 5.91 Å². The fraction of sp³-hybridized carbons (Fsp3) is 0.882. The molecule has 0 aromatic rings. The van der Waals surface area contributed by atoms with Crippen molar-refractivity contribution in [1.29, 1.82) is 0 Å². The number of hydrogen-bond acceptors (Lipinski definition) is 4. The highest BCUT2D eigenvalue weighted by Gasteiger charge is 2.68. The van der Waals surface area contributed by atoms with Crippen LogP contribution in [0.5, 0.6) is 0 Å². The number of likely N-dealkylation sites (tertiary alicyclic amines) is 1. The van der Waals surface area contributed by atoms with Gasteiger partial charge in [-0.05, 0) is 51.2 Å². The van der Waals surface area contributed by atoms with Crippen molar-refractivity contribution in [3.05, 3.63) is 0 Å². The highest BCUT2D eigenvalue weighted by atomic mass is 28.4. The Kier molecular flexibility index (Phi) is 4.26. The number of hydrogen-bond donors (Lipinski definition) is 0. The van der Waals surface area contributed by atoms with Gasteiger partial charge < -0.3 is 9.16 Å². The number of fused-ring (bicyclic) bond motifs is 1. The number of carbonyl (C=O) groups is 2. The number of imide groups is 1. The summed E-state index contributed by atoms with van der Waals surface area (Å²) in [6.45, 7) is 16.8. The first-order chi connectivity index (χ1) is 10.2. The molecular formula is C17H31NO4Si. The quantitative estimate of drug-likeness (QED) is 0.730. The molecule has 2 unspecified atom stereocenters. The molecule has 0 aromatic carbocycles. The molecule has 0 N–H and O–H groups in total. The third-order valence-electron chi connectivity index (χ3n) is 5.38. The van der Waals surface area contributed by atoms with Crippen molar-refractivity contribution < 1.29 is 18.8 Å². The molecule has 0 radical (unpaired) electrons. The van der Waals surface area contributed by atoms with Crippen molar-refractivity contribution in [2.24, 2.45) is 5.92 Å². The summed E-state index contributed by atoms with van der Waals surface area (Å²) in [4.78, 5) is 26.1. The van der Waals surface area contributed by atoms with E-state index in [4.69, 9.17) is 9.16 Å². The van der Waals surface area contributed by atoms with Gasteiger partial charge in [-0.1, -0.05) is 20.8 Å². The predicted molar refractivity (Wildman–Crippen MR) is 91.7 cm³/mol. The molecule has 2 fully saturated rings. The van der Waals surface area contributed by atoms with E-state index in [1.807, 2.05) is 20.8 Å². The lowest BCUT2D eigenvalue weighted by molar-refractivity contribution is -0.130. The van der Waals surface area contributed by atoms with Crippen LogP contribution in [0.15, 0.2) is 0 Å². The molecule has 1 aliphatic carbocycles. The SMILES string of the molecule is CC(C)(C)OC(=O)N1C(=O)CC2CC21CO[Si](C)(C)C(C)(C)C. The third-order valence-corrected chi connectivity index (χ3v) is 9.86. The van der Waals surface area contributed by atoms with Gasteiger partial charge in [-0.2, -0.15) is 0 Å². The maximum absolute atomic E-state index is 12.5. The lowest BCUT2D eigenvalue weighted by Crippen LogP contribution is -2.51. The molecule has 2 rings (SSSR count). The molecule has 0 spiro atoms. The molecular weight excluding hydrogens is 310 g/mol. The molecule has 6 heteroatoms. The van der Waals surface area contributed by atoms with Crippen LogP contribution in [0.2, 0.25) is 18.1 Å². The Balaban J connectivity index is 2.12. The van der Waals surface area contributed by atoms with Crippen LogP contribution in [0.25, 0.3) is 0 Å². The summed E-state index contributed by atoms with van der Waals surface area (Å²) in [5.41, 5.74) is -1.07. The molecule has 2 amide bonds. The van der Waals surface area contributed by atoms with Gasteiger partial charge in [0.1, 0.15) is 5.60 Å². The second-order valence-corrected chi connectivity index (χ2v) is 14.3. The van der Waals surface area contributed by atoms with Gasteiger partial charge in [0.15, 0.2) is 8.32 Å². The monoisotopic (exact) mass is 341 g/mol. The summed E-state index contributed by atoms with van der Waals surface area (Å²) in [6, 6.07) is 0. The summed E-state index contributed by atoms with van der Waals surface area (Å²) in [7, 11) is -1.92. The highest BCUT2D eigenvalue weighted by Crippen LogP contribution is 2.57. The second kappa shape index (κ2) is 5.31. The lowest BCUT2D eigenvalue weighted by atomic mass is 10.2. The minimum absolute atomic E-state index is 0.105. The summed E-state index contributed by atoms with van der Waals surface area (Å²) in [5.74, 6) is 0.0987. The number of rotatable bonds is 3. The van der Waals surface area contributed by atoms with Crippen LogP contribution in [0, 0.1) is 5.92 Å². The highest BCUT2D eigenvalue weighted by molar-refractivity contribution is 6.74. The average Bonchev–Trinajstić information content (AvgIpc) is 2.89. The summed E-state index contributed by atoms with van der Waals surface area (Å²) >= 11 is 0. The van der Waals surface area contributed by atoms with Crippen LogP contribution in [0.1, 0.15) is 54.4 Å². The van der Waals surface area contributed by atoms with Gasteiger partial charge in [0, 0.05) is 6.42 Å². The molecule has 1 aliphatic heterocycles. The van der Waals surface area contributed by atoms with Crippen molar-refractivity contribution in [2.45, 2.75) is 83.7 Å². The van der Waals surface area contributed by atoms with E-state index < -0.39 is 25.6 Å². The van der Waals surface area contributed by atoms with Crippen molar-refractivity contribution in [2.75, 3.05) is 6.61 Å². The molecule has 132 valence electrons. The molecule has 1 saturated heterocycles. The molecule has 2 aliphatic rings. The maximum Gasteiger partial charge on any atom is 0.417 e. The first-order valence-electron chi connectivity index (χ1n) is 8.40. The Morgan fingerprint density at radius 1 is 1.26 bits per heavy atom. The Bertz CT molecular complexity index is 518. The van der Waals surface area contributed by atoms with Crippen molar-refractivity contribution in [3.8, 4) is 0 Å². The van der Waals surface area contributed by atoms with Crippen molar-refractivity contribution in [3.63, 3.8) is 0 Å².